The molecule has 0 saturated carbocycles. The highest BCUT2D eigenvalue weighted by atomic mass is 32.2. The molecule has 0 saturated heterocycles. The van der Waals surface area contributed by atoms with Crippen LogP contribution in [0.3, 0.4) is 0 Å². The van der Waals surface area contributed by atoms with Crippen LogP contribution in [0.5, 0.6) is 0 Å². The van der Waals surface area contributed by atoms with Gasteiger partial charge in [0.2, 0.25) is 0 Å². The number of aryl methyl sites for hydroxylation is 1. The molecule has 0 bridgehead atoms. The molecule has 0 spiro atoms. The first kappa shape index (κ1) is 24.5. The van der Waals surface area contributed by atoms with E-state index in [4.69, 9.17) is 4.74 Å². The molecule has 37 heavy (non-hydrogen) atoms. The highest BCUT2D eigenvalue weighted by Crippen LogP contribution is 2.33. The fraction of sp³-hybridized carbons (Fsp3) is 0.111. The molecule has 2 heterocycles. The average molecular weight is 521 g/mol. The third-order valence-corrected chi connectivity index (χ3v) is 7.29. The van der Waals surface area contributed by atoms with E-state index in [9.17, 15) is 17.2 Å². The second-order valence-corrected chi connectivity index (χ2v) is 10.1. The van der Waals surface area contributed by atoms with E-state index in [-0.39, 0.29) is 12.3 Å². The maximum atomic E-state index is 14.3. The summed E-state index contributed by atoms with van der Waals surface area (Å²) in [7, 11) is -1.14. The lowest BCUT2D eigenvalue weighted by atomic mass is 10.0. The third kappa shape index (κ3) is 4.81. The van der Waals surface area contributed by atoms with Crippen molar-refractivity contribution in [2.24, 2.45) is 7.05 Å². The molecule has 0 radical (unpaired) electrons. The molecule has 0 unspecified atom stereocenters. The lowest BCUT2D eigenvalue weighted by Gasteiger charge is -2.14. The van der Waals surface area contributed by atoms with E-state index < -0.39 is 26.6 Å². The monoisotopic (exact) mass is 520 g/mol. The van der Waals surface area contributed by atoms with Gasteiger partial charge in [0.15, 0.2) is 0 Å². The Kier molecular flexibility index (Phi) is 6.45. The summed E-state index contributed by atoms with van der Waals surface area (Å²) in [4.78, 5) is 3.73. The van der Waals surface area contributed by atoms with Crippen molar-refractivity contribution < 1.29 is 21.9 Å². The van der Waals surface area contributed by atoms with Crippen LogP contribution in [0, 0.1) is 11.6 Å². The number of ether oxygens (including phenoxy) is 1. The molecule has 0 aliphatic heterocycles. The number of hydrogen-bond donors (Lipinski definition) is 1. The van der Waals surface area contributed by atoms with Gasteiger partial charge >= 0.3 is 0 Å². The second kappa shape index (κ2) is 9.72. The Labute approximate surface area is 212 Å². The maximum Gasteiger partial charge on any atom is 0.264 e. The van der Waals surface area contributed by atoms with Gasteiger partial charge in [-0.3, -0.25) is 14.4 Å². The van der Waals surface area contributed by atoms with E-state index in [1.165, 1.54) is 7.11 Å². The van der Waals surface area contributed by atoms with Crippen LogP contribution in [0.25, 0.3) is 33.3 Å². The summed E-state index contributed by atoms with van der Waals surface area (Å²) in [6.07, 6.45) is 1.60. The first-order valence-corrected chi connectivity index (χ1v) is 12.7. The Morgan fingerprint density at radius 1 is 0.946 bits per heavy atom. The molecule has 7 nitrogen and oxygen atoms in total. The number of benzene rings is 3. The van der Waals surface area contributed by atoms with Crippen molar-refractivity contribution in [1.82, 2.24) is 14.8 Å². The van der Waals surface area contributed by atoms with E-state index in [1.807, 2.05) is 48.5 Å². The molecule has 0 fully saturated rings. The van der Waals surface area contributed by atoms with Crippen molar-refractivity contribution in [2.45, 2.75) is 11.5 Å². The molecule has 5 aromatic rings. The van der Waals surface area contributed by atoms with Crippen molar-refractivity contribution in [2.75, 3.05) is 11.8 Å². The normalized spacial score (nSPS) is 11.7. The first-order valence-electron chi connectivity index (χ1n) is 11.2. The SMILES string of the molecule is COCc1ncc(-c2c3ccc(-c4ccccc4)cc3nn2C)cc1NS(=O)(=O)c1ccc(F)cc1F. The van der Waals surface area contributed by atoms with Gasteiger partial charge in [-0.15, -0.1) is 0 Å². The molecule has 5 rings (SSSR count). The Morgan fingerprint density at radius 3 is 2.46 bits per heavy atom. The number of pyridine rings is 1. The van der Waals surface area contributed by atoms with Crippen LogP contribution < -0.4 is 4.72 Å². The van der Waals surface area contributed by atoms with Gasteiger partial charge in [-0.05, 0) is 41.5 Å². The number of halogens is 2. The minimum absolute atomic E-state index is 0.0105. The zero-order valence-corrected chi connectivity index (χ0v) is 20.8. The lowest BCUT2D eigenvalue weighted by molar-refractivity contribution is 0.182. The highest BCUT2D eigenvalue weighted by molar-refractivity contribution is 7.92. The first-order chi connectivity index (χ1) is 17.8. The predicted molar refractivity (Wildman–Crippen MR) is 137 cm³/mol. The van der Waals surface area contributed by atoms with Crippen LogP contribution in [0.1, 0.15) is 5.69 Å². The summed E-state index contributed by atoms with van der Waals surface area (Å²) < 4.78 is 62.8. The molecule has 188 valence electrons. The number of sulfonamides is 1. The van der Waals surface area contributed by atoms with E-state index in [0.717, 1.165) is 39.9 Å². The van der Waals surface area contributed by atoms with Gasteiger partial charge in [0.05, 0.1) is 29.2 Å². The van der Waals surface area contributed by atoms with Crippen LogP contribution in [0.15, 0.2) is 83.9 Å². The van der Waals surface area contributed by atoms with Crippen LogP contribution in [0.4, 0.5) is 14.5 Å². The topological polar surface area (TPSA) is 86.1 Å². The fourth-order valence-corrected chi connectivity index (χ4v) is 5.35. The Balaban J connectivity index is 1.58. The van der Waals surface area contributed by atoms with Crippen molar-refractivity contribution in [3.63, 3.8) is 0 Å². The number of anilines is 1. The van der Waals surface area contributed by atoms with Crippen molar-refractivity contribution in [3.05, 3.63) is 96.3 Å². The number of nitrogens with one attached hydrogen (secondary N) is 1. The molecule has 10 heteroatoms. The summed E-state index contributed by atoms with van der Waals surface area (Å²) in [5.41, 5.74) is 4.56. The number of fused-ring (bicyclic) bond motifs is 1. The summed E-state index contributed by atoms with van der Waals surface area (Å²) in [5, 5.41) is 5.50. The van der Waals surface area contributed by atoms with Gasteiger partial charge in [0.1, 0.15) is 16.5 Å². The quantitative estimate of drug-likeness (QED) is 0.305. The molecule has 0 amide bonds. The van der Waals surface area contributed by atoms with E-state index in [1.54, 1.807) is 24.0 Å². The number of nitrogens with zero attached hydrogens (tertiary/aromatic N) is 3. The van der Waals surface area contributed by atoms with E-state index in [2.05, 4.69) is 14.8 Å². The molecule has 3 aromatic carbocycles. The van der Waals surface area contributed by atoms with Crippen molar-refractivity contribution in [3.8, 4) is 22.4 Å². The number of hydrogen-bond acceptors (Lipinski definition) is 5. The van der Waals surface area contributed by atoms with Crippen molar-refractivity contribution >= 4 is 26.6 Å². The lowest BCUT2D eigenvalue weighted by Crippen LogP contribution is -2.17. The Morgan fingerprint density at radius 2 is 1.73 bits per heavy atom. The van der Waals surface area contributed by atoms with Crippen LogP contribution in [-0.4, -0.2) is 30.3 Å². The maximum absolute atomic E-state index is 14.3. The molecule has 0 atom stereocenters. The van der Waals surface area contributed by atoms with E-state index >= 15 is 0 Å². The van der Waals surface area contributed by atoms with Crippen LogP contribution >= 0.6 is 0 Å². The number of aromatic nitrogens is 3. The van der Waals surface area contributed by atoms with Crippen molar-refractivity contribution in [1.29, 1.82) is 0 Å². The Hall–Kier alpha value is -4.15. The molecular formula is C27H22F2N4O3S. The number of rotatable bonds is 7. The van der Waals surface area contributed by atoms with Gasteiger partial charge in [0.25, 0.3) is 10.0 Å². The highest BCUT2D eigenvalue weighted by Gasteiger charge is 2.23. The average Bonchev–Trinajstić information content (AvgIpc) is 3.20. The summed E-state index contributed by atoms with van der Waals surface area (Å²) in [6.45, 7) is 0.0105. The zero-order valence-electron chi connectivity index (χ0n) is 19.9. The molecule has 2 aromatic heterocycles. The minimum atomic E-state index is -4.39. The Bertz CT molecular complexity index is 1720. The van der Waals surface area contributed by atoms with Crippen LogP contribution in [0.2, 0.25) is 0 Å². The molecule has 0 aliphatic rings. The third-order valence-electron chi connectivity index (χ3n) is 5.89. The van der Waals surface area contributed by atoms with Crippen LogP contribution in [-0.2, 0) is 28.4 Å². The molecule has 0 aliphatic carbocycles. The van der Waals surface area contributed by atoms with Gasteiger partial charge in [-0.25, -0.2) is 17.2 Å². The molecular weight excluding hydrogens is 498 g/mol. The standard InChI is InChI=1S/C27H22F2N4O3S/c1-33-27(21-10-8-18(12-23(21)31-33)17-6-4-3-5-7-17)19-13-24(25(16-36-2)30-15-19)32-37(34,35)26-11-9-20(28)14-22(26)29/h3-15,32H,16H2,1-2H3. The minimum Gasteiger partial charge on any atom is -0.378 e. The smallest absolute Gasteiger partial charge is 0.264 e. The van der Waals surface area contributed by atoms with Gasteiger partial charge in [-0.1, -0.05) is 36.4 Å². The largest absolute Gasteiger partial charge is 0.378 e. The summed E-state index contributed by atoms with van der Waals surface area (Å²) in [6, 6.07) is 19.8. The van der Waals surface area contributed by atoms with E-state index in [0.29, 0.717) is 17.3 Å². The second-order valence-electron chi connectivity index (χ2n) is 8.40. The molecule has 1 N–H and O–H groups in total. The zero-order chi connectivity index (χ0) is 26.2. The summed E-state index contributed by atoms with van der Waals surface area (Å²) >= 11 is 0. The van der Waals surface area contributed by atoms with Gasteiger partial charge in [-0.2, -0.15) is 5.10 Å². The fourth-order valence-electron chi connectivity index (χ4n) is 4.21. The number of methoxy groups -OCH3 is 1. The predicted octanol–water partition coefficient (Wildman–Crippen LogP) is 5.53. The van der Waals surface area contributed by atoms with Gasteiger partial charge < -0.3 is 4.74 Å². The summed E-state index contributed by atoms with van der Waals surface area (Å²) in [5.74, 6) is -2.07. The van der Waals surface area contributed by atoms with Gasteiger partial charge in [0, 0.05) is 37.4 Å².